The first-order chi connectivity index (χ1) is 23.0. The highest BCUT2D eigenvalue weighted by Crippen LogP contribution is 2.27. The van der Waals surface area contributed by atoms with Gasteiger partial charge in [-0.25, -0.2) is 0 Å². The standard InChI is InChI=1S/C7H14.C7H8.C6H12.C5H10.C5H12.C4H8.C4H10.5C2H6/c2*1-7-5-3-2-4-6-7;1-6-4-2-3-5-6;1-5-3-2-4-5;1-4-5(2)3;1-4-2-3-4;1-4(2)3;5*1-2/h7H,2-6H2,1H3;2-6H,1H3;6H,2-5H2,1H3;5H,2-4H2,1H3;5H,4H2,1-3H3;4H,2-3H2,1H3;4H,1-3H3;5*1-2H3. The zero-order valence-corrected chi connectivity index (χ0v) is 38.5. The maximum absolute atomic E-state index is 2.36. The van der Waals surface area contributed by atoms with Gasteiger partial charge in [0.1, 0.15) is 0 Å². The van der Waals surface area contributed by atoms with Crippen LogP contribution in [-0.2, 0) is 0 Å². The molecular weight excluding hydrogens is 577 g/mol. The van der Waals surface area contributed by atoms with Gasteiger partial charge in [-0.2, -0.15) is 0 Å². The Morgan fingerprint density at radius 1 is 0.438 bits per heavy atom. The van der Waals surface area contributed by atoms with Crippen LogP contribution in [-0.4, -0.2) is 0 Å². The monoisotopic (exact) mass is 681 g/mol. The topological polar surface area (TPSA) is 0 Å². The van der Waals surface area contributed by atoms with Gasteiger partial charge in [-0.15, -0.1) is 0 Å². The molecule has 0 amide bonds. The second-order valence-corrected chi connectivity index (χ2v) is 14.0. The number of hydrogen-bond acceptors (Lipinski definition) is 0. The summed E-state index contributed by atoms with van der Waals surface area (Å²) in [6.07, 6.45) is 22.1. The van der Waals surface area contributed by atoms with E-state index in [1.807, 2.05) is 87.4 Å². The average molecular weight is 681 g/mol. The third-order valence-electron chi connectivity index (χ3n) is 7.55. The molecule has 0 N–H and O–H groups in total. The van der Waals surface area contributed by atoms with Crippen molar-refractivity contribution >= 4 is 0 Å². The molecule has 4 saturated carbocycles. The minimum atomic E-state index is 0.833. The molecule has 0 spiro atoms. The summed E-state index contributed by atoms with van der Waals surface area (Å²) in [4.78, 5) is 0. The van der Waals surface area contributed by atoms with E-state index in [0.717, 1.165) is 35.5 Å². The molecule has 5 rings (SSSR count). The summed E-state index contributed by atoms with van der Waals surface area (Å²) in [7, 11) is 0. The van der Waals surface area contributed by atoms with Crippen LogP contribution >= 0.6 is 0 Å². The number of rotatable bonds is 1. The van der Waals surface area contributed by atoms with E-state index < -0.39 is 0 Å². The van der Waals surface area contributed by atoms with Gasteiger partial charge in [0, 0.05) is 0 Å². The van der Waals surface area contributed by atoms with Crippen LogP contribution in [0.3, 0.4) is 0 Å². The van der Waals surface area contributed by atoms with Crippen LogP contribution in [0.25, 0.3) is 0 Å². The number of benzene rings is 1. The van der Waals surface area contributed by atoms with Crippen molar-refractivity contribution in [3.63, 3.8) is 0 Å². The summed E-state index contributed by atoms with van der Waals surface area (Å²) in [6.45, 7) is 44.5. The molecule has 0 radical (unpaired) electrons. The smallest absolute Gasteiger partial charge is 0.0398 e. The third-order valence-corrected chi connectivity index (χ3v) is 7.55. The summed E-state index contributed by atoms with van der Waals surface area (Å²) in [5.74, 6) is 5.95. The molecule has 48 heavy (non-hydrogen) atoms. The van der Waals surface area contributed by atoms with E-state index >= 15 is 0 Å². The largest absolute Gasteiger partial charge is 0.0683 e. The van der Waals surface area contributed by atoms with Gasteiger partial charge in [0.05, 0.1) is 0 Å². The molecule has 0 heterocycles. The maximum atomic E-state index is 2.36. The van der Waals surface area contributed by atoms with Crippen LogP contribution in [0.1, 0.15) is 240 Å². The highest BCUT2D eigenvalue weighted by Gasteiger charge is 2.12. The number of hydrogen-bond donors (Lipinski definition) is 0. The van der Waals surface area contributed by atoms with Crippen LogP contribution < -0.4 is 0 Å². The maximum Gasteiger partial charge on any atom is -0.0398 e. The lowest BCUT2D eigenvalue weighted by Gasteiger charge is -2.18. The molecule has 0 aromatic heterocycles. The molecule has 4 fully saturated rings. The summed E-state index contributed by atoms with van der Waals surface area (Å²) in [5.41, 5.74) is 1.32. The molecule has 0 nitrogen and oxygen atoms in total. The summed E-state index contributed by atoms with van der Waals surface area (Å²) in [5, 5.41) is 0. The Morgan fingerprint density at radius 2 is 0.667 bits per heavy atom. The number of aryl methyl sites for hydroxylation is 1. The van der Waals surface area contributed by atoms with Gasteiger partial charge in [0.25, 0.3) is 0 Å². The van der Waals surface area contributed by atoms with Gasteiger partial charge in [0.15, 0.2) is 0 Å². The van der Waals surface area contributed by atoms with E-state index in [1.165, 1.54) is 102 Å². The molecule has 0 saturated heterocycles. The minimum absolute atomic E-state index is 0.833. The first kappa shape index (κ1) is 62.4. The Morgan fingerprint density at radius 3 is 0.750 bits per heavy atom. The highest BCUT2D eigenvalue weighted by molar-refractivity contribution is 5.11. The van der Waals surface area contributed by atoms with Crippen molar-refractivity contribution in [1.82, 2.24) is 0 Å². The van der Waals surface area contributed by atoms with Crippen molar-refractivity contribution < 1.29 is 0 Å². The van der Waals surface area contributed by atoms with Crippen molar-refractivity contribution in [1.29, 1.82) is 0 Å². The molecule has 4 aliphatic carbocycles. The van der Waals surface area contributed by atoms with Gasteiger partial charge >= 0.3 is 0 Å². The van der Waals surface area contributed by atoms with Crippen molar-refractivity contribution in [2.75, 3.05) is 0 Å². The molecule has 0 atom stereocenters. The van der Waals surface area contributed by atoms with Crippen molar-refractivity contribution in [2.45, 2.75) is 242 Å². The molecule has 4 aliphatic rings. The lowest BCUT2D eigenvalue weighted by atomic mass is 9.88. The Labute approximate surface area is 312 Å². The van der Waals surface area contributed by atoms with Crippen LogP contribution in [0.5, 0.6) is 0 Å². The molecular formula is C48H104. The predicted octanol–water partition coefficient (Wildman–Crippen LogP) is 18.8. The zero-order chi connectivity index (χ0) is 39.2. The fraction of sp³-hybridized carbons (Fsp3) is 0.875. The van der Waals surface area contributed by atoms with Gasteiger partial charge in [0.2, 0.25) is 0 Å². The quantitative estimate of drug-likeness (QED) is 0.277. The van der Waals surface area contributed by atoms with E-state index in [2.05, 4.69) is 88.3 Å². The van der Waals surface area contributed by atoms with Crippen molar-refractivity contribution in [3.8, 4) is 0 Å². The Bertz CT molecular complexity index is 530. The van der Waals surface area contributed by atoms with E-state index in [1.54, 1.807) is 0 Å². The molecule has 0 bridgehead atoms. The van der Waals surface area contributed by atoms with Crippen LogP contribution in [0.15, 0.2) is 30.3 Å². The normalized spacial score (nSPS) is 15.4. The highest BCUT2D eigenvalue weighted by atomic mass is 14.2. The van der Waals surface area contributed by atoms with Gasteiger partial charge in [-0.05, 0) is 42.4 Å². The SMILES string of the molecule is CC.CC.CC.CC.CC.CC(C)C.CC1CC1.CC1CCC1.CC1CCCC1.CC1CCCCC1.CCC(C)C.Cc1ccccc1. The molecule has 0 aliphatic heterocycles. The Kier molecular flexibility index (Phi) is 75.9. The second-order valence-electron chi connectivity index (χ2n) is 14.0. The Hall–Kier alpha value is -0.780. The van der Waals surface area contributed by atoms with E-state index in [9.17, 15) is 0 Å². The summed E-state index contributed by atoms with van der Waals surface area (Å²) < 4.78 is 0. The summed E-state index contributed by atoms with van der Waals surface area (Å²) >= 11 is 0. The minimum Gasteiger partial charge on any atom is -0.0683 e. The fourth-order valence-electron chi connectivity index (χ4n) is 3.75. The predicted molar refractivity (Wildman–Crippen MR) is 235 cm³/mol. The summed E-state index contributed by atoms with van der Waals surface area (Å²) in [6, 6.07) is 10.3. The van der Waals surface area contributed by atoms with Crippen LogP contribution in [0, 0.1) is 42.4 Å². The zero-order valence-electron chi connectivity index (χ0n) is 38.5. The fourth-order valence-corrected chi connectivity index (χ4v) is 3.75. The third kappa shape index (κ3) is 80.1. The molecule has 296 valence electrons. The van der Waals surface area contributed by atoms with Crippen molar-refractivity contribution in [3.05, 3.63) is 35.9 Å². The second kappa shape index (κ2) is 58.4. The molecule has 0 heteroatoms. The van der Waals surface area contributed by atoms with Crippen LogP contribution in [0.2, 0.25) is 0 Å². The van der Waals surface area contributed by atoms with Gasteiger partial charge < -0.3 is 0 Å². The Balaban J connectivity index is -0.0000000788. The molecule has 1 aromatic rings. The van der Waals surface area contributed by atoms with E-state index in [-0.39, 0.29) is 0 Å². The molecule has 0 unspecified atom stereocenters. The lowest BCUT2D eigenvalue weighted by molar-refractivity contribution is 0.346. The van der Waals surface area contributed by atoms with Gasteiger partial charge in [-0.3, -0.25) is 0 Å². The van der Waals surface area contributed by atoms with Gasteiger partial charge in [-0.1, -0.05) is 271 Å². The average Bonchev–Trinajstić information content (AvgIpc) is 3.74. The lowest BCUT2D eigenvalue weighted by Crippen LogP contribution is -2.04. The van der Waals surface area contributed by atoms with E-state index in [4.69, 9.17) is 0 Å². The van der Waals surface area contributed by atoms with Crippen molar-refractivity contribution in [2.24, 2.45) is 35.5 Å². The first-order valence-electron chi connectivity index (χ1n) is 22.0. The first-order valence-corrected chi connectivity index (χ1v) is 22.0. The van der Waals surface area contributed by atoms with Crippen LogP contribution in [0.4, 0.5) is 0 Å². The van der Waals surface area contributed by atoms with E-state index in [0.29, 0.717) is 0 Å². The molecule has 1 aromatic carbocycles.